The van der Waals surface area contributed by atoms with E-state index in [1.54, 1.807) is 0 Å². The third kappa shape index (κ3) is 3.89. The van der Waals surface area contributed by atoms with Gasteiger partial charge in [0.1, 0.15) is 5.54 Å². The number of nitrogens with one attached hydrogen (secondary N) is 1. The minimum absolute atomic E-state index is 0.298. The average molecular weight is 240 g/mol. The second-order valence-corrected chi connectivity index (χ2v) is 4.52. The molecule has 0 spiro atoms. The van der Waals surface area contributed by atoms with Crippen molar-refractivity contribution in [2.45, 2.75) is 24.8 Å². The van der Waals surface area contributed by atoms with Gasteiger partial charge < -0.3 is 16.0 Å². The molecule has 0 bridgehead atoms. The Labute approximate surface area is 101 Å². The quantitative estimate of drug-likeness (QED) is 0.300. The van der Waals surface area contributed by atoms with Crippen LogP contribution in [0.25, 0.3) is 10.4 Å². The fourth-order valence-corrected chi connectivity index (χ4v) is 2.22. The number of nitrogens with zero attached hydrogens (tertiary/aromatic N) is 4. The highest BCUT2D eigenvalue weighted by atomic mass is 16.1. The van der Waals surface area contributed by atoms with Gasteiger partial charge in [0.25, 0.3) is 0 Å². The number of carbonyl (C=O) groups excluding carboxylic acids is 1. The van der Waals surface area contributed by atoms with Gasteiger partial charge in [0.05, 0.1) is 0 Å². The summed E-state index contributed by atoms with van der Waals surface area (Å²) in [6, 6.07) is 0. The molecule has 0 radical (unpaired) electrons. The van der Waals surface area contributed by atoms with Crippen molar-refractivity contribution in [3.63, 3.8) is 0 Å². The zero-order valence-corrected chi connectivity index (χ0v) is 10.2. The zero-order chi connectivity index (χ0) is 12.7. The lowest BCUT2D eigenvalue weighted by atomic mass is 9.88. The topological polar surface area (TPSA) is 107 Å². The van der Waals surface area contributed by atoms with Crippen molar-refractivity contribution in [3.8, 4) is 0 Å². The standard InChI is InChI=1S/C10H20N6O/c1-16-7-2-4-10(8-16,9(11)17)13-5-3-6-14-15-12/h13H,2-8H2,1H3,(H2,11,17). The Morgan fingerprint density at radius 3 is 3.06 bits per heavy atom. The SMILES string of the molecule is CN1CCCC(NCCCN=[N+]=[N-])(C(N)=O)C1. The molecule has 7 heteroatoms. The van der Waals surface area contributed by atoms with Crippen LogP contribution in [-0.2, 0) is 4.79 Å². The van der Waals surface area contributed by atoms with Crippen LogP contribution in [0.15, 0.2) is 5.11 Å². The van der Waals surface area contributed by atoms with Crippen LogP contribution < -0.4 is 11.1 Å². The first-order chi connectivity index (χ1) is 8.10. The average Bonchev–Trinajstić information content (AvgIpc) is 2.28. The summed E-state index contributed by atoms with van der Waals surface area (Å²) in [4.78, 5) is 16.4. The highest BCUT2D eigenvalue weighted by molar-refractivity contribution is 5.85. The van der Waals surface area contributed by atoms with E-state index in [9.17, 15) is 4.79 Å². The first-order valence-electron chi connectivity index (χ1n) is 5.85. The highest BCUT2D eigenvalue weighted by Crippen LogP contribution is 2.19. The maximum absolute atomic E-state index is 11.6. The summed E-state index contributed by atoms with van der Waals surface area (Å²) in [5.74, 6) is -0.298. The molecule has 1 amide bonds. The molecule has 0 saturated carbocycles. The fraction of sp³-hybridized carbons (Fsp3) is 0.900. The lowest BCUT2D eigenvalue weighted by Gasteiger charge is -2.39. The van der Waals surface area contributed by atoms with Crippen LogP contribution in [0.4, 0.5) is 0 Å². The molecule has 1 saturated heterocycles. The normalized spacial score (nSPS) is 25.2. The van der Waals surface area contributed by atoms with Gasteiger partial charge >= 0.3 is 0 Å². The molecule has 1 fully saturated rings. The summed E-state index contributed by atoms with van der Waals surface area (Å²) in [5, 5.41) is 6.68. The van der Waals surface area contributed by atoms with Gasteiger partial charge in [-0.1, -0.05) is 5.11 Å². The van der Waals surface area contributed by atoms with Gasteiger partial charge in [-0.2, -0.15) is 0 Å². The monoisotopic (exact) mass is 240 g/mol. The minimum Gasteiger partial charge on any atom is -0.368 e. The lowest BCUT2D eigenvalue weighted by Crippen LogP contribution is -2.63. The minimum atomic E-state index is -0.622. The van der Waals surface area contributed by atoms with E-state index < -0.39 is 5.54 Å². The predicted molar refractivity (Wildman–Crippen MR) is 65.3 cm³/mol. The molecule has 0 aliphatic carbocycles. The van der Waals surface area contributed by atoms with E-state index in [0.29, 0.717) is 26.1 Å². The van der Waals surface area contributed by atoms with Gasteiger partial charge in [0.2, 0.25) is 5.91 Å². The Morgan fingerprint density at radius 2 is 2.47 bits per heavy atom. The molecule has 1 rings (SSSR count). The number of nitrogens with two attached hydrogens (primary N) is 1. The van der Waals surface area contributed by atoms with E-state index in [4.69, 9.17) is 11.3 Å². The molecular formula is C10H20N6O. The van der Waals surface area contributed by atoms with Crippen molar-refractivity contribution in [2.24, 2.45) is 10.8 Å². The number of amides is 1. The van der Waals surface area contributed by atoms with Crippen LogP contribution in [0.3, 0.4) is 0 Å². The number of azide groups is 1. The highest BCUT2D eigenvalue weighted by Gasteiger charge is 2.39. The van der Waals surface area contributed by atoms with Crippen molar-refractivity contribution < 1.29 is 4.79 Å². The molecular weight excluding hydrogens is 220 g/mol. The molecule has 17 heavy (non-hydrogen) atoms. The summed E-state index contributed by atoms with van der Waals surface area (Å²) in [5.41, 5.74) is 13.0. The van der Waals surface area contributed by atoms with Gasteiger partial charge in [-0.15, -0.1) is 0 Å². The van der Waals surface area contributed by atoms with Crippen LogP contribution in [0, 0.1) is 0 Å². The predicted octanol–water partition coefficient (Wildman–Crippen LogP) is 0.226. The smallest absolute Gasteiger partial charge is 0.239 e. The van der Waals surface area contributed by atoms with E-state index >= 15 is 0 Å². The number of likely N-dealkylation sites (N-methyl/N-ethyl adjacent to an activating group) is 1. The number of hydrogen-bond acceptors (Lipinski definition) is 4. The van der Waals surface area contributed by atoms with Crippen LogP contribution >= 0.6 is 0 Å². The summed E-state index contributed by atoms with van der Waals surface area (Å²) >= 11 is 0. The van der Waals surface area contributed by atoms with Crippen molar-refractivity contribution in [2.75, 3.05) is 33.2 Å². The number of likely N-dealkylation sites (tertiary alicyclic amines) is 1. The van der Waals surface area contributed by atoms with E-state index in [0.717, 1.165) is 19.4 Å². The van der Waals surface area contributed by atoms with Gasteiger partial charge in [-0.25, -0.2) is 0 Å². The maximum atomic E-state index is 11.6. The number of piperidine rings is 1. The van der Waals surface area contributed by atoms with E-state index in [1.165, 1.54) is 0 Å². The summed E-state index contributed by atoms with van der Waals surface area (Å²) in [6.07, 6.45) is 2.44. The van der Waals surface area contributed by atoms with E-state index in [-0.39, 0.29) is 5.91 Å². The lowest BCUT2D eigenvalue weighted by molar-refractivity contribution is -0.126. The molecule has 96 valence electrons. The Balaban J connectivity index is 2.47. The third-order valence-corrected chi connectivity index (χ3v) is 3.12. The number of primary amides is 1. The van der Waals surface area contributed by atoms with E-state index in [1.807, 2.05) is 7.05 Å². The largest absolute Gasteiger partial charge is 0.368 e. The second-order valence-electron chi connectivity index (χ2n) is 4.52. The number of rotatable bonds is 6. The Hall–Kier alpha value is -1.30. The summed E-state index contributed by atoms with van der Waals surface area (Å²) < 4.78 is 0. The molecule has 0 aromatic rings. The third-order valence-electron chi connectivity index (χ3n) is 3.12. The summed E-state index contributed by atoms with van der Waals surface area (Å²) in [6.45, 7) is 2.71. The first-order valence-corrected chi connectivity index (χ1v) is 5.85. The maximum Gasteiger partial charge on any atom is 0.239 e. The molecule has 1 aliphatic rings. The molecule has 1 atom stereocenters. The van der Waals surface area contributed by atoms with Crippen molar-refractivity contribution in [3.05, 3.63) is 10.4 Å². The molecule has 1 aliphatic heterocycles. The molecule has 3 N–H and O–H groups in total. The first kappa shape index (κ1) is 13.8. The van der Waals surface area contributed by atoms with Crippen LogP contribution in [-0.4, -0.2) is 49.6 Å². The van der Waals surface area contributed by atoms with Crippen molar-refractivity contribution in [1.29, 1.82) is 0 Å². The zero-order valence-electron chi connectivity index (χ0n) is 10.2. The number of carbonyl (C=O) groups is 1. The fourth-order valence-electron chi connectivity index (χ4n) is 2.22. The second kappa shape index (κ2) is 6.44. The van der Waals surface area contributed by atoms with Crippen molar-refractivity contribution >= 4 is 5.91 Å². The molecule has 7 nitrogen and oxygen atoms in total. The van der Waals surface area contributed by atoms with Gasteiger partial charge in [0, 0.05) is 18.0 Å². The van der Waals surface area contributed by atoms with Gasteiger partial charge in [-0.05, 0) is 44.9 Å². The van der Waals surface area contributed by atoms with Crippen LogP contribution in [0.2, 0.25) is 0 Å². The molecule has 0 aromatic heterocycles. The van der Waals surface area contributed by atoms with Crippen LogP contribution in [0.1, 0.15) is 19.3 Å². The molecule has 0 aromatic carbocycles. The summed E-state index contributed by atoms with van der Waals surface area (Å²) in [7, 11) is 1.98. The Kier molecular flexibility index (Phi) is 5.21. The number of hydrogen-bond donors (Lipinski definition) is 2. The van der Waals surface area contributed by atoms with E-state index in [2.05, 4.69) is 20.2 Å². The van der Waals surface area contributed by atoms with Gasteiger partial charge in [-0.3, -0.25) is 4.79 Å². The van der Waals surface area contributed by atoms with Crippen molar-refractivity contribution in [1.82, 2.24) is 10.2 Å². The molecule has 1 heterocycles. The Morgan fingerprint density at radius 1 is 1.71 bits per heavy atom. The van der Waals surface area contributed by atoms with Crippen LogP contribution in [0.5, 0.6) is 0 Å². The Bertz CT molecular complexity index is 314. The molecule has 1 unspecified atom stereocenters. The van der Waals surface area contributed by atoms with Gasteiger partial charge in [0.15, 0.2) is 0 Å².